The highest BCUT2D eigenvalue weighted by Gasteiger charge is 2.31. The zero-order chi connectivity index (χ0) is 15.7. The van der Waals surface area contributed by atoms with Gasteiger partial charge in [0.2, 0.25) is 0 Å². The zero-order valence-corrected chi connectivity index (χ0v) is 12.3. The van der Waals surface area contributed by atoms with Crippen molar-refractivity contribution in [3.05, 3.63) is 47.8 Å². The fourth-order valence-corrected chi connectivity index (χ4v) is 2.79. The lowest BCUT2D eigenvalue weighted by atomic mass is 10.1. The molecule has 1 N–H and O–H groups in total. The summed E-state index contributed by atoms with van der Waals surface area (Å²) in [6.45, 7) is 2.71. The monoisotopic (exact) mass is 299 g/mol. The van der Waals surface area contributed by atoms with E-state index in [2.05, 4.69) is 5.10 Å². The number of carboxylic acids is 1. The third-order valence-corrected chi connectivity index (χ3v) is 4.02. The second-order valence-corrected chi connectivity index (χ2v) is 5.53. The lowest BCUT2D eigenvalue weighted by molar-refractivity contribution is -0.141. The number of carboxylic acid groups (broad SMARTS) is 1. The number of carbonyl (C=O) groups excluding carboxylic acids is 1. The van der Waals surface area contributed by atoms with E-state index < -0.39 is 11.9 Å². The summed E-state index contributed by atoms with van der Waals surface area (Å²) >= 11 is 0. The molecule has 22 heavy (non-hydrogen) atoms. The summed E-state index contributed by atoms with van der Waals surface area (Å²) < 4.78 is 1.75. The van der Waals surface area contributed by atoms with Crippen molar-refractivity contribution in [2.45, 2.75) is 13.3 Å². The number of aryl methyl sites for hydroxylation is 1. The number of likely N-dealkylation sites (tertiary alicyclic amines) is 1. The molecule has 0 spiro atoms. The van der Waals surface area contributed by atoms with Crippen LogP contribution in [0, 0.1) is 12.8 Å². The van der Waals surface area contributed by atoms with Crippen LogP contribution in [-0.2, 0) is 4.79 Å². The van der Waals surface area contributed by atoms with Gasteiger partial charge in [-0.25, -0.2) is 4.68 Å². The fraction of sp³-hybridized carbons (Fsp3) is 0.312. The Kier molecular flexibility index (Phi) is 3.66. The van der Waals surface area contributed by atoms with E-state index in [1.165, 1.54) is 0 Å². The molecule has 6 heteroatoms. The Hall–Kier alpha value is -2.63. The van der Waals surface area contributed by atoms with Crippen molar-refractivity contribution in [3.63, 3.8) is 0 Å². The summed E-state index contributed by atoms with van der Waals surface area (Å²) in [6.07, 6.45) is 4.07. The maximum Gasteiger partial charge on any atom is 0.308 e. The Balaban J connectivity index is 1.80. The molecule has 1 saturated heterocycles. The van der Waals surface area contributed by atoms with Gasteiger partial charge in [0.25, 0.3) is 5.91 Å². The Labute approximate surface area is 128 Å². The average Bonchev–Trinajstić information content (AvgIpc) is 3.17. The minimum absolute atomic E-state index is 0.112. The van der Waals surface area contributed by atoms with Crippen molar-refractivity contribution in [3.8, 4) is 5.69 Å². The van der Waals surface area contributed by atoms with Gasteiger partial charge in [0.15, 0.2) is 0 Å². The predicted octanol–water partition coefficient (Wildman–Crippen LogP) is 1.73. The number of nitrogens with zero attached hydrogens (tertiary/aromatic N) is 3. The van der Waals surface area contributed by atoms with Crippen molar-refractivity contribution in [2.24, 2.45) is 5.92 Å². The minimum atomic E-state index is -0.833. The summed E-state index contributed by atoms with van der Waals surface area (Å²) in [6, 6.07) is 7.29. The van der Waals surface area contributed by atoms with Crippen LogP contribution in [0.5, 0.6) is 0 Å². The Morgan fingerprint density at radius 2 is 2.18 bits per heavy atom. The highest BCUT2D eigenvalue weighted by Crippen LogP contribution is 2.21. The number of aliphatic carboxylic acids is 1. The van der Waals surface area contributed by atoms with Crippen molar-refractivity contribution in [1.82, 2.24) is 14.7 Å². The molecule has 1 amide bonds. The number of rotatable bonds is 3. The Morgan fingerprint density at radius 3 is 2.77 bits per heavy atom. The molecule has 1 aromatic heterocycles. The van der Waals surface area contributed by atoms with Crippen LogP contribution < -0.4 is 0 Å². The molecule has 0 radical (unpaired) electrons. The first kappa shape index (κ1) is 14.3. The van der Waals surface area contributed by atoms with Gasteiger partial charge >= 0.3 is 5.97 Å². The predicted molar refractivity (Wildman–Crippen MR) is 79.9 cm³/mol. The molecule has 1 aromatic carbocycles. The van der Waals surface area contributed by atoms with Gasteiger partial charge in [-0.1, -0.05) is 0 Å². The molecular formula is C16H17N3O3. The molecule has 3 rings (SSSR count). The molecule has 0 bridgehead atoms. The highest BCUT2D eigenvalue weighted by atomic mass is 16.4. The van der Waals surface area contributed by atoms with Crippen molar-refractivity contribution in [2.75, 3.05) is 13.1 Å². The van der Waals surface area contributed by atoms with Crippen LogP contribution >= 0.6 is 0 Å². The zero-order valence-electron chi connectivity index (χ0n) is 12.3. The van der Waals surface area contributed by atoms with Gasteiger partial charge in [-0.05, 0) is 43.2 Å². The fourth-order valence-electron chi connectivity index (χ4n) is 2.79. The maximum atomic E-state index is 12.5. The molecule has 6 nitrogen and oxygen atoms in total. The van der Waals surface area contributed by atoms with E-state index in [-0.39, 0.29) is 12.5 Å². The number of benzene rings is 1. The van der Waals surface area contributed by atoms with E-state index in [9.17, 15) is 9.59 Å². The standard InChI is InChI=1S/C16H17N3O3/c1-11-9-12(3-4-14(11)19-7-2-6-17-19)15(20)18-8-5-13(10-18)16(21)22/h2-4,6-7,9,13H,5,8,10H2,1H3,(H,21,22). The first-order valence-corrected chi connectivity index (χ1v) is 7.19. The lowest BCUT2D eigenvalue weighted by Gasteiger charge is -2.17. The first-order chi connectivity index (χ1) is 10.6. The first-order valence-electron chi connectivity index (χ1n) is 7.19. The van der Waals surface area contributed by atoms with E-state index in [0.717, 1.165) is 11.3 Å². The van der Waals surface area contributed by atoms with Gasteiger partial charge in [0.1, 0.15) is 0 Å². The van der Waals surface area contributed by atoms with E-state index in [0.29, 0.717) is 18.5 Å². The van der Waals surface area contributed by atoms with Crippen molar-refractivity contribution < 1.29 is 14.7 Å². The van der Waals surface area contributed by atoms with Crippen molar-refractivity contribution >= 4 is 11.9 Å². The largest absolute Gasteiger partial charge is 0.481 e. The summed E-state index contributed by atoms with van der Waals surface area (Å²) in [5, 5.41) is 13.2. The molecule has 0 aliphatic carbocycles. The third-order valence-electron chi connectivity index (χ3n) is 4.02. The number of carbonyl (C=O) groups is 2. The van der Waals surface area contributed by atoms with E-state index in [1.807, 2.05) is 31.3 Å². The summed E-state index contributed by atoms with van der Waals surface area (Å²) in [5.74, 6) is -1.40. The van der Waals surface area contributed by atoms with E-state index in [1.54, 1.807) is 21.8 Å². The molecule has 1 aliphatic heterocycles. The smallest absolute Gasteiger partial charge is 0.308 e. The minimum Gasteiger partial charge on any atom is -0.481 e. The molecule has 0 saturated carbocycles. The van der Waals surface area contributed by atoms with Crippen LogP contribution in [0.1, 0.15) is 22.3 Å². The molecule has 1 unspecified atom stereocenters. The lowest BCUT2D eigenvalue weighted by Crippen LogP contribution is -2.30. The molecular weight excluding hydrogens is 282 g/mol. The maximum absolute atomic E-state index is 12.5. The molecule has 2 heterocycles. The Morgan fingerprint density at radius 1 is 1.36 bits per heavy atom. The van der Waals surface area contributed by atoms with Crippen LogP contribution in [-0.4, -0.2) is 44.8 Å². The quantitative estimate of drug-likeness (QED) is 0.936. The topological polar surface area (TPSA) is 75.4 Å². The number of hydrogen-bond donors (Lipinski definition) is 1. The number of amides is 1. The highest BCUT2D eigenvalue weighted by molar-refractivity contribution is 5.95. The van der Waals surface area contributed by atoms with Gasteiger partial charge in [-0.15, -0.1) is 0 Å². The van der Waals surface area contributed by atoms with Crippen LogP contribution in [0.2, 0.25) is 0 Å². The third kappa shape index (κ3) is 2.59. The van der Waals surface area contributed by atoms with Crippen LogP contribution in [0.3, 0.4) is 0 Å². The van der Waals surface area contributed by atoms with Crippen LogP contribution in [0.15, 0.2) is 36.7 Å². The molecule has 1 aliphatic rings. The van der Waals surface area contributed by atoms with Crippen LogP contribution in [0.25, 0.3) is 5.69 Å². The number of aromatic nitrogens is 2. The van der Waals surface area contributed by atoms with E-state index in [4.69, 9.17) is 5.11 Å². The van der Waals surface area contributed by atoms with Crippen molar-refractivity contribution in [1.29, 1.82) is 0 Å². The van der Waals surface area contributed by atoms with Gasteiger partial charge in [0.05, 0.1) is 11.6 Å². The van der Waals surface area contributed by atoms with Gasteiger partial charge in [0, 0.05) is 31.0 Å². The SMILES string of the molecule is Cc1cc(C(=O)N2CCC(C(=O)O)C2)ccc1-n1cccn1. The molecule has 114 valence electrons. The number of hydrogen-bond acceptors (Lipinski definition) is 3. The summed E-state index contributed by atoms with van der Waals surface area (Å²) in [5.41, 5.74) is 2.45. The van der Waals surface area contributed by atoms with Gasteiger partial charge < -0.3 is 10.0 Å². The molecule has 1 atom stereocenters. The van der Waals surface area contributed by atoms with Gasteiger partial charge in [-0.3, -0.25) is 9.59 Å². The average molecular weight is 299 g/mol. The van der Waals surface area contributed by atoms with Crippen LogP contribution in [0.4, 0.5) is 0 Å². The summed E-state index contributed by atoms with van der Waals surface area (Å²) in [7, 11) is 0. The molecule has 2 aromatic rings. The Bertz CT molecular complexity index is 709. The second-order valence-electron chi connectivity index (χ2n) is 5.53. The van der Waals surface area contributed by atoms with Gasteiger partial charge in [-0.2, -0.15) is 5.10 Å². The second kappa shape index (κ2) is 5.63. The van der Waals surface area contributed by atoms with E-state index >= 15 is 0 Å². The normalized spacial score (nSPS) is 17.7. The molecule has 1 fully saturated rings. The summed E-state index contributed by atoms with van der Waals surface area (Å²) in [4.78, 5) is 25.1.